The summed E-state index contributed by atoms with van der Waals surface area (Å²) in [6.45, 7) is 12.1. The third-order valence-corrected chi connectivity index (χ3v) is 9.12. The fourth-order valence-electron chi connectivity index (χ4n) is 6.45. The second kappa shape index (κ2) is 18.4. The summed E-state index contributed by atoms with van der Waals surface area (Å²) in [5.74, 6) is 0.177. The summed E-state index contributed by atoms with van der Waals surface area (Å²) < 4.78 is 5.36. The van der Waals surface area contributed by atoms with Gasteiger partial charge in [0.05, 0.1) is 6.10 Å². The largest absolute Gasteiger partial charge is 0.378 e. The van der Waals surface area contributed by atoms with Gasteiger partial charge >= 0.3 is 0 Å². The van der Waals surface area contributed by atoms with Crippen molar-refractivity contribution in [2.75, 3.05) is 40.3 Å². The summed E-state index contributed by atoms with van der Waals surface area (Å²) >= 11 is 0. The zero-order chi connectivity index (χ0) is 32.7. The van der Waals surface area contributed by atoms with Crippen molar-refractivity contribution in [1.82, 2.24) is 9.80 Å². The number of carbonyl (C=O) groups excluding carboxylic acids is 1. The summed E-state index contributed by atoms with van der Waals surface area (Å²) in [5, 5.41) is 0. The standard InChI is InChI=1S/C41H55N3O2/c1-6-13-33(14-7-2)15-9-8-10-16-34-20-23-35(24-21-34)37-22-19-32(3)39(29-37)40(25-26-42-4)43-27-11-17-36(18-12-28-43)41(45)44-30-38(31-44)46-5/h10,15-17,20-26,29,38H,3,6-9,11-14,18-19,27-28,30-31H2,1-2,4-5H3/b16-10+,36-17-,40-25+,42-26?. The monoisotopic (exact) mass is 621 g/mol. The van der Waals surface area contributed by atoms with Crippen LogP contribution in [0.3, 0.4) is 0 Å². The number of amides is 1. The molecule has 0 aromatic heterocycles. The third-order valence-electron chi connectivity index (χ3n) is 9.12. The quantitative estimate of drug-likeness (QED) is 0.118. The number of methoxy groups -OCH3 is 1. The van der Waals surface area contributed by atoms with E-state index < -0.39 is 0 Å². The fourth-order valence-corrected chi connectivity index (χ4v) is 6.45. The SMILES string of the molecule is C=C1CC=C(c2ccc(/C=C/CCC=C(CCC)CCC)cc2)C=C1/C(=C\C=NC)N1CC/C=C(\C(=O)N2CC(OC)C2)CCC1. The lowest BCUT2D eigenvalue weighted by atomic mass is 9.88. The van der Waals surface area contributed by atoms with Crippen LogP contribution in [0.4, 0.5) is 0 Å². The molecule has 2 aliphatic heterocycles. The minimum absolute atomic E-state index is 0.177. The highest BCUT2D eigenvalue weighted by Gasteiger charge is 2.32. The Labute approximate surface area is 278 Å². The van der Waals surface area contributed by atoms with Gasteiger partial charge in [0.1, 0.15) is 0 Å². The lowest BCUT2D eigenvalue weighted by Crippen LogP contribution is -2.54. The predicted molar refractivity (Wildman–Crippen MR) is 196 cm³/mol. The minimum atomic E-state index is 0.177. The van der Waals surface area contributed by atoms with Gasteiger partial charge in [-0.25, -0.2) is 0 Å². The van der Waals surface area contributed by atoms with E-state index in [1.807, 2.05) is 18.2 Å². The van der Waals surface area contributed by atoms with Crippen molar-refractivity contribution in [3.63, 3.8) is 0 Å². The van der Waals surface area contributed by atoms with E-state index in [1.165, 1.54) is 48.0 Å². The molecule has 1 saturated heterocycles. The number of carbonyl (C=O) groups is 1. The van der Waals surface area contributed by atoms with Crippen LogP contribution in [-0.2, 0) is 9.53 Å². The first-order valence-electron chi connectivity index (χ1n) is 17.4. The minimum Gasteiger partial charge on any atom is -0.378 e. The molecule has 46 heavy (non-hydrogen) atoms. The topological polar surface area (TPSA) is 45.1 Å². The predicted octanol–water partition coefficient (Wildman–Crippen LogP) is 9.13. The first-order chi connectivity index (χ1) is 22.5. The second-order valence-corrected chi connectivity index (χ2v) is 12.6. The van der Waals surface area contributed by atoms with E-state index >= 15 is 0 Å². The molecule has 0 unspecified atom stereocenters. The number of likely N-dealkylation sites (tertiary alicyclic amines) is 1. The molecule has 0 saturated carbocycles. The van der Waals surface area contributed by atoms with E-state index in [4.69, 9.17) is 4.74 Å². The molecule has 0 bridgehead atoms. The lowest BCUT2D eigenvalue weighted by molar-refractivity contribution is -0.138. The molecule has 1 fully saturated rings. The van der Waals surface area contributed by atoms with Gasteiger partial charge in [-0.1, -0.05) is 93.5 Å². The Morgan fingerprint density at radius 3 is 2.50 bits per heavy atom. The van der Waals surface area contributed by atoms with Gasteiger partial charge in [0.25, 0.3) is 0 Å². The molecule has 0 N–H and O–H groups in total. The Morgan fingerprint density at radius 2 is 1.80 bits per heavy atom. The maximum Gasteiger partial charge on any atom is 0.249 e. The molecule has 0 atom stereocenters. The van der Waals surface area contributed by atoms with Gasteiger partial charge in [-0.3, -0.25) is 9.79 Å². The van der Waals surface area contributed by atoms with Gasteiger partial charge in [-0.05, 0) is 85.8 Å². The third kappa shape index (κ3) is 9.90. The molecule has 5 heteroatoms. The first-order valence-corrected chi connectivity index (χ1v) is 17.4. The van der Waals surface area contributed by atoms with E-state index in [0.717, 1.165) is 68.5 Å². The molecule has 1 amide bonds. The Bertz CT molecular complexity index is 1390. The smallest absolute Gasteiger partial charge is 0.249 e. The molecule has 3 aliphatic rings. The molecule has 2 heterocycles. The Balaban J connectivity index is 1.42. The Hall–Kier alpha value is -3.70. The number of hydrogen-bond donors (Lipinski definition) is 0. The van der Waals surface area contributed by atoms with Crippen molar-refractivity contribution in [2.24, 2.45) is 4.99 Å². The van der Waals surface area contributed by atoms with E-state index in [2.05, 4.69) is 97.1 Å². The zero-order valence-electron chi connectivity index (χ0n) is 28.8. The van der Waals surface area contributed by atoms with Crippen LogP contribution in [-0.4, -0.2) is 68.4 Å². The molecule has 4 rings (SSSR count). The van der Waals surface area contributed by atoms with Crippen molar-refractivity contribution in [3.05, 3.63) is 106 Å². The molecule has 1 aliphatic carbocycles. The molecule has 0 spiro atoms. The van der Waals surface area contributed by atoms with Crippen LogP contribution in [0, 0.1) is 0 Å². The van der Waals surface area contributed by atoms with E-state index in [-0.39, 0.29) is 12.0 Å². The maximum absolute atomic E-state index is 13.0. The number of aliphatic imine (C=N–C) groups is 1. The van der Waals surface area contributed by atoms with Crippen LogP contribution in [0.5, 0.6) is 0 Å². The van der Waals surface area contributed by atoms with Crippen LogP contribution in [0.2, 0.25) is 0 Å². The summed E-state index contributed by atoms with van der Waals surface area (Å²) in [5.41, 5.74) is 9.70. The van der Waals surface area contributed by atoms with Crippen molar-refractivity contribution < 1.29 is 9.53 Å². The van der Waals surface area contributed by atoms with Crippen LogP contribution < -0.4 is 0 Å². The van der Waals surface area contributed by atoms with Crippen LogP contribution in [0.15, 0.2) is 100 Å². The second-order valence-electron chi connectivity index (χ2n) is 12.6. The van der Waals surface area contributed by atoms with Gasteiger partial charge in [-0.2, -0.15) is 0 Å². The normalized spacial score (nSPS) is 19.3. The van der Waals surface area contributed by atoms with Crippen molar-refractivity contribution in [1.29, 1.82) is 0 Å². The summed E-state index contributed by atoms with van der Waals surface area (Å²) in [7, 11) is 3.52. The molecule has 1 aromatic rings. The van der Waals surface area contributed by atoms with E-state index in [1.54, 1.807) is 12.7 Å². The number of rotatable bonds is 14. The van der Waals surface area contributed by atoms with Crippen molar-refractivity contribution >= 4 is 23.8 Å². The average Bonchev–Trinajstić information content (AvgIpc) is 3.02. The number of nitrogens with zero attached hydrogens (tertiary/aromatic N) is 3. The first kappa shape index (κ1) is 35.2. The number of benzene rings is 1. The Kier molecular flexibility index (Phi) is 14.1. The van der Waals surface area contributed by atoms with Crippen LogP contribution in [0.25, 0.3) is 11.6 Å². The molecular weight excluding hydrogens is 566 g/mol. The number of unbranched alkanes of at least 4 members (excludes halogenated alkanes) is 1. The summed E-state index contributed by atoms with van der Waals surface area (Å²) in [4.78, 5) is 21.6. The van der Waals surface area contributed by atoms with E-state index in [0.29, 0.717) is 13.1 Å². The molecule has 0 radical (unpaired) electrons. The highest BCUT2D eigenvalue weighted by Crippen LogP contribution is 2.34. The van der Waals surface area contributed by atoms with Gasteiger partial charge in [0.2, 0.25) is 5.91 Å². The number of ether oxygens (including phenoxy) is 1. The summed E-state index contributed by atoms with van der Waals surface area (Å²) in [6.07, 6.45) is 28.4. The maximum atomic E-state index is 13.0. The average molecular weight is 622 g/mol. The zero-order valence-corrected chi connectivity index (χ0v) is 28.8. The van der Waals surface area contributed by atoms with Gasteiger partial charge < -0.3 is 14.5 Å². The van der Waals surface area contributed by atoms with Gasteiger partial charge in [0, 0.05) is 63.4 Å². The molecular formula is C41H55N3O2. The number of allylic oxidation sites excluding steroid dienone is 8. The van der Waals surface area contributed by atoms with Crippen molar-refractivity contribution in [2.45, 2.75) is 84.2 Å². The fraction of sp³-hybridized carbons (Fsp3) is 0.463. The Morgan fingerprint density at radius 1 is 1.04 bits per heavy atom. The van der Waals surface area contributed by atoms with Gasteiger partial charge in [0.15, 0.2) is 0 Å². The van der Waals surface area contributed by atoms with E-state index in [9.17, 15) is 4.79 Å². The molecule has 1 aromatic carbocycles. The lowest BCUT2D eigenvalue weighted by Gasteiger charge is -2.39. The highest BCUT2D eigenvalue weighted by molar-refractivity contribution is 5.94. The molecule has 5 nitrogen and oxygen atoms in total. The molecule has 246 valence electrons. The van der Waals surface area contributed by atoms with Crippen LogP contribution in [0.1, 0.15) is 89.2 Å². The van der Waals surface area contributed by atoms with Gasteiger partial charge in [-0.15, -0.1) is 0 Å². The number of hydrogen-bond acceptors (Lipinski definition) is 4. The highest BCUT2D eigenvalue weighted by atomic mass is 16.5. The summed E-state index contributed by atoms with van der Waals surface area (Å²) in [6, 6.07) is 8.91. The van der Waals surface area contributed by atoms with Crippen LogP contribution >= 0.6 is 0 Å². The van der Waals surface area contributed by atoms with Crippen molar-refractivity contribution in [3.8, 4) is 0 Å².